The van der Waals surface area contributed by atoms with E-state index >= 15 is 0 Å². The van der Waals surface area contributed by atoms with Crippen LogP contribution in [0.25, 0.3) is 0 Å². The van der Waals surface area contributed by atoms with Crippen LogP contribution in [0.5, 0.6) is 0 Å². The molecular formula is C13H24N4. The van der Waals surface area contributed by atoms with Crippen LogP contribution in [0.1, 0.15) is 57.8 Å². The fourth-order valence-corrected chi connectivity index (χ4v) is 2.39. The van der Waals surface area contributed by atoms with Crippen molar-refractivity contribution in [2.45, 2.75) is 58.5 Å². The van der Waals surface area contributed by atoms with Gasteiger partial charge < -0.3 is 5.32 Å². The van der Waals surface area contributed by atoms with Crippen LogP contribution in [0.2, 0.25) is 0 Å². The van der Waals surface area contributed by atoms with Gasteiger partial charge in [0.15, 0.2) is 5.82 Å². The third-order valence-electron chi connectivity index (χ3n) is 3.34. The molecule has 1 aliphatic carbocycles. The van der Waals surface area contributed by atoms with E-state index in [1.165, 1.54) is 32.1 Å². The highest BCUT2D eigenvalue weighted by Gasteiger charge is 2.16. The first-order valence-electron chi connectivity index (χ1n) is 6.86. The van der Waals surface area contributed by atoms with Crippen LogP contribution >= 0.6 is 0 Å². The lowest BCUT2D eigenvalue weighted by molar-refractivity contribution is 0.327. The van der Waals surface area contributed by atoms with Gasteiger partial charge in [0.1, 0.15) is 6.33 Å². The van der Waals surface area contributed by atoms with Gasteiger partial charge in [0, 0.05) is 0 Å². The molecule has 1 aliphatic rings. The number of nitrogens with one attached hydrogen (secondary N) is 1. The summed E-state index contributed by atoms with van der Waals surface area (Å²) in [6, 6.07) is 0.593. The highest BCUT2D eigenvalue weighted by atomic mass is 15.3. The molecule has 1 saturated carbocycles. The maximum atomic E-state index is 4.57. The molecule has 1 aromatic rings. The second-order valence-electron chi connectivity index (χ2n) is 5.46. The van der Waals surface area contributed by atoms with Gasteiger partial charge in [-0.3, -0.25) is 0 Å². The Balaban J connectivity index is 1.82. The molecule has 1 N–H and O–H groups in total. The molecule has 1 aromatic heterocycles. The van der Waals surface area contributed by atoms with Crippen molar-refractivity contribution in [1.29, 1.82) is 0 Å². The Morgan fingerprint density at radius 2 is 2.12 bits per heavy atom. The zero-order valence-electron chi connectivity index (χ0n) is 11.0. The topological polar surface area (TPSA) is 42.7 Å². The lowest BCUT2D eigenvalue weighted by Crippen LogP contribution is -2.20. The van der Waals surface area contributed by atoms with E-state index in [1.807, 2.05) is 6.33 Å². The van der Waals surface area contributed by atoms with Crippen molar-refractivity contribution in [3.63, 3.8) is 0 Å². The maximum Gasteiger partial charge on any atom is 0.164 e. The minimum atomic E-state index is 0.593. The molecule has 2 rings (SSSR count). The molecule has 0 amide bonds. The SMILES string of the molecule is CC(C)CNCc1ncn(C2CCCCC2)n1. The molecule has 1 fully saturated rings. The summed E-state index contributed by atoms with van der Waals surface area (Å²) in [7, 11) is 0. The number of rotatable bonds is 5. The first-order chi connectivity index (χ1) is 8.25. The predicted octanol–water partition coefficient (Wildman–Crippen LogP) is 2.53. The van der Waals surface area contributed by atoms with Crippen LogP contribution in [0.3, 0.4) is 0 Å². The average molecular weight is 236 g/mol. The molecule has 0 unspecified atom stereocenters. The standard InChI is InChI=1S/C13H24N4/c1-11(2)8-14-9-13-15-10-17(16-13)12-6-4-3-5-7-12/h10-12,14H,3-9H2,1-2H3. The zero-order valence-corrected chi connectivity index (χ0v) is 11.0. The molecule has 4 heteroatoms. The summed E-state index contributed by atoms with van der Waals surface area (Å²) in [5.41, 5.74) is 0. The Hall–Kier alpha value is -0.900. The van der Waals surface area contributed by atoms with E-state index in [-0.39, 0.29) is 0 Å². The Morgan fingerprint density at radius 1 is 1.35 bits per heavy atom. The maximum absolute atomic E-state index is 4.57. The van der Waals surface area contributed by atoms with Crippen molar-refractivity contribution < 1.29 is 0 Å². The average Bonchev–Trinajstić information content (AvgIpc) is 2.78. The van der Waals surface area contributed by atoms with Crippen LogP contribution in [-0.4, -0.2) is 21.3 Å². The Kier molecular flexibility index (Phi) is 4.54. The molecule has 0 atom stereocenters. The Morgan fingerprint density at radius 3 is 2.82 bits per heavy atom. The third-order valence-corrected chi connectivity index (χ3v) is 3.34. The molecule has 0 aliphatic heterocycles. The summed E-state index contributed by atoms with van der Waals surface area (Å²) < 4.78 is 2.07. The summed E-state index contributed by atoms with van der Waals surface area (Å²) >= 11 is 0. The van der Waals surface area contributed by atoms with Gasteiger partial charge in [0.05, 0.1) is 12.6 Å². The van der Waals surface area contributed by atoms with Crippen LogP contribution in [-0.2, 0) is 6.54 Å². The lowest BCUT2D eigenvalue weighted by Gasteiger charge is -2.21. The third kappa shape index (κ3) is 3.80. The Bertz CT molecular complexity index is 326. The first kappa shape index (κ1) is 12.6. The minimum Gasteiger partial charge on any atom is -0.310 e. The summed E-state index contributed by atoms with van der Waals surface area (Å²) in [5.74, 6) is 1.60. The highest BCUT2D eigenvalue weighted by molar-refractivity contribution is 4.84. The van der Waals surface area contributed by atoms with Gasteiger partial charge in [-0.2, -0.15) is 5.10 Å². The van der Waals surface area contributed by atoms with E-state index in [4.69, 9.17) is 0 Å². The van der Waals surface area contributed by atoms with Crippen molar-refractivity contribution in [1.82, 2.24) is 20.1 Å². The molecule has 4 nitrogen and oxygen atoms in total. The summed E-state index contributed by atoms with van der Waals surface area (Å²) in [6.07, 6.45) is 8.50. The first-order valence-corrected chi connectivity index (χ1v) is 6.86. The van der Waals surface area contributed by atoms with Crippen molar-refractivity contribution in [2.75, 3.05) is 6.54 Å². The number of hydrogen-bond donors (Lipinski definition) is 1. The molecule has 17 heavy (non-hydrogen) atoms. The van der Waals surface area contributed by atoms with E-state index in [1.54, 1.807) is 0 Å². The van der Waals surface area contributed by atoms with E-state index in [0.29, 0.717) is 12.0 Å². The van der Waals surface area contributed by atoms with Crippen LogP contribution in [0, 0.1) is 5.92 Å². The smallest absolute Gasteiger partial charge is 0.164 e. The number of aromatic nitrogens is 3. The normalized spacial score (nSPS) is 17.8. The molecule has 0 radical (unpaired) electrons. The predicted molar refractivity (Wildman–Crippen MR) is 68.7 cm³/mol. The molecular weight excluding hydrogens is 212 g/mol. The highest BCUT2D eigenvalue weighted by Crippen LogP contribution is 2.26. The molecule has 0 saturated heterocycles. The summed E-state index contributed by atoms with van der Waals surface area (Å²) in [6.45, 7) is 6.23. The zero-order chi connectivity index (χ0) is 12.1. The van der Waals surface area contributed by atoms with Crippen molar-refractivity contribution >= 4 is 0 Å². The van der Waals surface area contributed by atoms with E-state index in [9.17, 15) is 0 Å². The van der Waals surface area contributed by atoms with Crippen LogP contribution in [0.15, 0.2) is 6.33 Å². The van der Waals surface area contributed by atoms with Crippen LogP contribution < -0.4 is 5.32 Å². The van der Waals surface area contributed by atoms with E-state index < -0.39 is 0 Å². The number of nitrogens with zero attached hydrogens (tertiary/aromatic N) is 3. The molecule has 1 heterocycles. The number of hydrogen-bond acceptors (Lipinski definition) is 3. The molecule has 0 spiro atoms. The monoisotopic (exact) mass is 236 g/mol. The van der Waals surface area contributed by atoms with Gasteiger partial charge in [-0.05, 0) is 25.3 Å². The molecule has 0 aromatic carbocycles. The van der Waals surface area contributed by atoms with Crippen LogP contribution in [0.4, 0.5) is 0 Å². The lowest BCUT2D eigenvalue weighted by atomic mass is 9.96. The van der Waals surface area contributed by atoms with Gasteiger partial charge in [0.25, 0.3) is 0 Å². The largest absolute Gasteiger partial charge is 0.310 e. The van der Waals surface area contributed by atoms with Gasteiger partial charge >= 0.3 is 0 Å². The fraction of sp³-hybridized carbons (Fsp3) is 0.846. The van der Waals surface area contributed by atoms with Gasteiger partial charge in [0.2, 0.25) is 0 Å². The fourth-order valence-electron chi connectivity index (χ4n) is 2.39. The van der Waals surface area contributed by atoms with Gasteiger partial charge in [-0.25, -0.2) is 9.67 Å². The van der Waals surface area contributed by atoms with Gasteiger partial charge in [-0.1, -0.05) is 33.1 Å². The Labute approximate surface area is 104 Å². The van der Waals surface area contributed by atoms with E-state index in [0.717, 1.165) is 18.9 Å². The minimum absolute atomic E-state index is 0.593. The van der Waals surface area contributed by atoms with Crippen molar-refractivity contribution in [3.05, 3.63) is 12.2 Å². The van der Waals surface area contributed by atoms with Crippen molar-refractivity contribution in [2.24, 2.45) is 5.92 Å². The van der Waals surface area contributed by atoms with Gasteiger partial charge in [-0.15, -0.1) is 0 Å². The molecule has 96 valence electrons. The van der Waals surface area contributed by atoms with Crippen molar-refractivity contribution in [3.8, 4) is 0 Å². The molecule has 0 bridgehead atoms. The van der Waals surface area contributed by atoms with E-state index in [2.05, 4.69) is 33.9 Å². The second-order valence-corrected chi connectivity index (χ2v) is 5.46. The summed E-state index contributed by atoms with van der Waals surface area (Å²) in [5, 5.41) is 7.95. The second kappa shape index (κ2) is 6.15. The summed E-state index contributed by atoms with van der Waals surface area (Å²) in [4.78, 5) is 4.38. The quantitative estimate of drug-likeness (QED) is 0.854.